The number of nitrogens with zero attached hydrogens (tertiary/aromatic N) is 2. The normalized spacial score (nSPS) is 19.1. The van der Waals surface area contributed by atoms with Crippen LogP contribution in [0, 0.1) is 0 Å². The highest BCUT2D eigenvalue weighted by Crippen LogP contribution is 2.21. The van der Waals surface area contributed by atoms with Crippen LogP contribution in [0.1, 0.15) is 11.7 Å². The first kappa shape index (κ1) is 12.1. The molecule has 0 bridgehead atoms. The second-order valence-electron chi connectivity index (χ2n) is 4.38. The van der Waals surface area contributed by atoms with Gasteiger partial charge in [-0.2, -0.15) is 0 Å². The van der Waals surface area contributed by atoms with Crippen molar-refractivity contribution in [2.75, 3.05) is 25.0 Å². The number of anilines is 2. The second kappa shape index (κ2) is 5.77. The van der Waals surface area contributed by atoms with E-state index < -0.39 is 0 Å². The molecule has 1 fully saturated rings. The average molecular weight is 256 g/mol. The highest BCUT2D eigenvalue weighted by Gasteiger charge is 2.15. The Morgan fingerprint density at radius 2 is 1.95 bits per heavy atom. The van der Waals surface area contributed by atoms with Crippen molar-refractivity contribution in [3.63, 3.8) is 0 Å². The van der Waals surface area contributed by atoms with Gasteiger partial charge >= 0.3 is 0 Å². The van der Waals surface area contributed by atoms with Crippen molar-refractivity contribution in [2.45, 2.75) is 6.10 Å². The Morgan fingerprint density at radius 3 is 2.63 bits per heavy atom. The van der Waals surface area contributed by atoms with E-state index in [4.69, 9.17) is 4.74 Å². The lowest BCUT2D eigenvalue weighted by molar-refractivity contribution is 0.0277. The van der Waals surface area contributed by atoms with Crippen molar-refractivity contribution in [3.8, 4) is 0 Å². The average Bonchev–Trinajstić information content (AvgIpc) is 2.50. The number of morpholine rings is 1. The van der Waals surface area contributed by atoms with Gasteiger partial charge in [0.1, 0.15) is 0 Å². The summed E-state index contributed by atoms with van der Waals surface area (Å²) in [5.41, 5.74) is 2.16. The minimum Gasteiger partial charge on any atom is -0.371 e. The Labute approximate surface area is 112 Å². The van der Waals surface area contributed by atoms with Crippen LogP contribution in [-0.2, 0) is 4.74 Å². The number of rotatable bonds is 3. The zero-order valence-corrected chi connectivity index (χ0v) is 10.5. The van der Waals surface area contributed by atoms with Gasteiger partial charge < -0.3 is 15.4 Å². The summed E-state index contributed by atoms with van der Waals surface area (Å²) in [4.78, 5) is 8.26. The maximum atomic E-state index is 5.71. The zero-order valence-electron chi connectivity index (χ0n) is 10.5. The van der Waals surface area contributed by atoms with E-state index in [0.717, 1.165) is 25.4 Å². The van der Waals surface area contributed by atoms with E-state index >= 15 is 0 Å². The minimum atomic E-state index is 0.149. The Morgan fingerprint density at radius 1 is 1.16 bits per heavy atom. The predicted octanol–water partition coefficient (Wildman–Crippen LogP) is 1.88. The lowest BCUT2D eigenvalue weighted by atomic mass is 10.1. The van der Waals surface area contributed by atoms with Crippen molar-refractivity contribution < 1.29 is 4.74 Å². The molecule has 0 aliphatic carbocycles. The standard InChI is InChI=1S/C14H16N4O/c1-6-16-14(17-7-1)18-12-4-2-11(3-5-12)13-10-15-8-9-19-13/h1-7,13,15H,8-10H2,(H,16,17,18). The monoisotopic (exact) mass is 256 g/mol. The molecule has 1 atom stereocenters. The molecule has 1 saturated heterocycles. The van der Waals surface area contributed by atoms with Crippen LogP contribution in [0.3, 0.4) is 0 Å². The molecule has 1 aliphatic heterocycles. The van der Waals surface area contributed by atoms with Crippen LogP contribution in [0.4, 0.5) is 11.6 Å². The molecule has 0 spiro atoms. The molecule has 1 aromatic carbocycles. The van der Waals surface area contributed by atoms with Crippen LogP contribution in [0.5, 0.6) is 0 Å². The first-order chi connectivity index (χ1) is 9.42. The van der Waals surface area contributed by atoms with Crippen LogP contribution in [0.2, 0.25) is 0 Å². The van der Waals surface area contributed by atoms with Gasteiger partial charge in [-0.25, -0.2) is 9.97 Å². The smallest absolute Gasteiger partial charge is 0.227 e. The molecular formula is C14H16N4O. The summed E-state index contributed by atoms with van der Waals surface area (Å²) in [6, 6.07) is 9.97. The van der Waals surface area contributed by atoms with Crippen molar-refractivity contribution in [1.29, 1.82) is 0 Å². The van der Waals surface area contributed by atoms with E-state index in [9.17, 15) is 0 Å². The molecule has 1 unspecified atom stereocenters. The van der Waals surface area contributed by atoms with E-state index in [-0.39, 0.29) is 6.10 Å². The molecule has 5 heteroatoms. The van der Waals surface area contributed by atoms with E-state index in [2.05, 4.69) is 32.7 Å². The van der Waals surface area contributed by atoms with Gasteiger partial charge in [-0.15, -0.1) is 0 Å². The number of hydrogen-bond acceptors (Lipinski definition) is 5. The van der Waals surface area contributed by atoms with E-state index in [0.29, 0.717) is 5.95 Å². The van der Waals surface area contributed by atoms with Gasteiger partial charge in [-0.3, -0.25) is 0 Å². The van der Waals surface area contributed by atoms with Crippen LogP contribution in [0.15, 0.2) is 42.7 Å². The molecule has 5 nitrogen and oxygen atoms in total. The fraction of sp³-hybridized carbons (Fsp3) is 0.286. The fourth-order valence-electron chi connectivity index (χ4n) is 2.05. The number of hydrogen-bond donors (Lipinski definition) is 2. The largest absolute Gasteiger partial charge is 0.371 e. The zero-order chi connectivity index (χ0) is 12.9. The molecule has 2 N–H and O–H groups in total. The molecule has 2 aromatic rings. The number of ether oxygens (including phenoxy) is 1. The molecule has 3 rings (SSSR count). The lowest BCUT2D eigenvalue weighted by Gasteiger charge is -2.24. The summed E-state index contributed by atoms with van der Waals surface area (Å²) in [5.74, 6) is 0.603. The Bertz CT molecular complexity index is 509. The van der Waals surface area contributed by atoms with Gasteiger partial charge in [-0.1, -0.05) is 12.1 Å². The highest BCUT2D eigenvalue weighted by atomic mass is 16.5. The quantitative estimate of drug-likeness (QED) is 0.878. The number of aromatic nitrogens is 2. The molecule has 98 valence electrons. The Balaban J connectivity index is 1.68. The molecule has 19 heavy (non-hydrogen) atoms. The van der Waals surface area contributed by atoms with Crippen molar-refractivity contribution >= 4 is 11.6 Å². The first-order valence-electron chi connectivity index (χ1n) is 6.38. The van der Waals surface area contributed by atoms with Crippen LogP contribution in [0.25, 0.3) is 0 Å². The van der Waals surface area contributed by atoms with Crippen molar-refractivity contribution in [3.05, 3.63) is 48.3 Å². The third kappa shape index (κ3) is 3.07. The summed E-state index contributed by atoms with van der Waals surface area (Å²) in [5, 5.41) is 6.48. The van der Waals surface area contributed by atoms with Gasteiger partial charge in [0.15, 0.2) is 0 Å². The molecular weight excluding hydrogens is 240 g/mol. The first-order valence-corrected chi connectivity index (χ1v) is 6.38. The second-order valence-corrected chi connectivity index (χ2v) is 4.38. The molecule has 1 aliphatic rings. The molecule has 0 amide bonds. The summed E-state index contributed by atoms with van der Waals surface area (Å²) in [6.45, 7) is 2.57. The van der Waals surface area contributed by atoms with Gasteiger partial charge in [0.2, 0.25) is 5.95 Å². The number of benzene rings is 1. The fourth-order valence-corrected chi connectivity index (χ4v) is 2.05. The minimum absolute atomic E-state index is 0.149. The Hall–Kier alpha value is -1.98. The maximum absolute atomic E-state index is 5.71. The lowest BCUT2D eigenvalue weighted by Crippen LogP contribution is -2.33. The molecule has 0 saturated carbocycles. The van der Waals surface area contributed by atoms with Crippen LogP contribution >= 0.6 is 0 Å². The number of nitrogens with one attached hydrogen (secondary N) is 2. The summed E-state index contributed by atoms with van der Waals surface area (Å²) >= 11 is 0. The van der Waals surface area contributed by atoms with Gasteiger partial charge in [0.25, 0.3) is 0 Å². The molecule has 1 aromatic heterocycles. The van der Waals surface area contributed by atoms with Gasteiger partial charge in [0.05, 0.1) is 12.7 Å². The SMILES string of the molecule is c1cnc(Nc2ccc(C3CNCCO3)cc2)nc1. The molecule has 0 radical (unpaired) electrons. The van der Waals surface area contributed by atoms with Crippen molar-refractivity contribution in [1.82, 2.24) is 15.3 Å². The summed E-state index contributed by atoms with van der Waals surface area (Å²) in [7, 11) is 0. The highest BCUT2D eigenvalue weighted by molar-refractivity contribution is 5.53. The summed E-state index contributed by atoms with van der Waals surface area (Å²) in [6.07, 6.45) is 3.58. The Kier molecular flexibility index (Phi) is 3.67. The van der Waals surface area contributed by atoms with Gasteiger partial charge in [0, 0.05) is 31.2 Å². The summed E-state index contributed by atoms with van der Waals surface area (Å²) < 4.78 is 5.71. The van der Waals surface area contributed by atoms with Crippen LogP contribution < -0.4 is 10.6 Å². The predicted molar refractivity (Wildman–Crippen MR) is 73.3 cm³/mol. The third-order valence-electron chi connectivity index (χ3n) is 3.03. The molecule has 2 heterocycles. The van der Waals surface area contributed by atoms with E-state index in [1.54, 1.807) is 18.5 Å². The van der Waals surface area contributed by atoms with E-state index in [1.165, 1.54) is 5.56 Å². The van der Waals surface area contributed by atoms with Crippen LogP contribution in [-0.4, -0.2) is 29.7 Å². The van der Waals surface area contributed by atoms with E-state index in [1.807, 2.05) is 12.1 Å². The van der Waals surface area contributed by atoms with Gasteiger partial charge in [-0.05, 0) is 23.8 Å². The van der Waals surface area contributed by atoms with Crippen molar-refractivity contribution in [2.24, 2.45) is 0 Å². The topological polar surface area (TPSA) is 59.1 Å². The maximum Gasteiger partial charge on any atom is 0.227 e. The third-order valence-corrected chi connectivity index (χ3v) is 3.03.